The van der Waals surface area contributed by atoms with Crippen molar-refractivity contribution >= 4 is 16.0 Å². The zero-order valence-corrected chi connectivity index (χ0v) is 12.4. The van der Waals surface area contributed by atoms with Gasteiger partial charge in [-0.1, -0.05) is 6.92 Å². The molecule has 116 valence electrons. The summed E-state index contributed by atoms with van der Waals surface area (Å²) in [6.07, 6.45) is 0. The summed E-state index contributed by atoms with van der Waals surface area (Å²) in [5, 5.41) is 8.78. The fraction of sp³-hybridized carbons (Fsp3) is 0.462. The second-order valence-electron chi connectivity index (χ2n) is 4.79. The highest BCUT2D eigenvalue weighted by atomic mass is 32.2. The molecule has 8 heteroatoms. The minimum atomic E-state index is -3.93. The highest BCUT2D eigenvalue weighted by Crippen LogP contribution is 2.21. The zero-order chi connectivity index (χ0) is 15.6. The third-order valence-corrected chi connectivity index (χ3v) is 5.51. The maximum absolute atomic E-state index is 13.9. The number of nitrogens with zero attached hydrogens (tertiary/aromatic N) is 2. The molecule has 0 bridgehead atoms. The van der Waals surface area contributed by atoms with Gasteiger partial charge in [-0.25, -0.2) is 17.6 Å². The van der Waals surface area contributed by atoms with E-state index in [4.69, 9.17) is 5.11 Å². The number of hydrogen-bond acceptors (Lipinski definition) is 4. The second-order valence-corrected chi connectivity index (χ2v) is 6.70. The molecule has 1 aromatic carbocycles. The predicted molar refractivity (Wildman–Crippen MR) is 74.2 cm³/mol. The van der Waals surface area contributed by atoms with Crippen LogP contribution in [0.25, 0.3) is 0 Å². The Labute approximate surface area is 122 Å². The molecule has 0 spiro atoms. The first-order valence-electron chi connectivity index (χ1n) is 6.61. The van der Waals surface area contributed by atoms with Crippen LogP contribution in [-0.2, 0) is 10.0 Å². The molecule has 21 heavy (non-hydrogen) atoms. The van der Waals surface area contributed by atoms with E-state index in [2.05, 4.69) is 4.90 Å². The third kappa shape index (κ3) is 3.22. The monoisotopic (exact) mass is 316 g/mol. The van der Waals surface area contributed by atoms with Crippen LogP contribution in [0, 0.1) is 5.82 Å². The SMILES string of the molecule is CCN1CCN(S(=O)(=O)c2ccc(C(=O)O)cc2F)CC1. The van der Waals surface area contributed by atoms with Crippen LogP contribution < -0.4 is 0 Å². The summed E-state index contributed by atoms with van der Waals surface area (Å²) < 4.78 is 40.0. The van der Waals surface area contributed by atoms with Gasteiger partial charge >= 0.3 is 5.97 Å². The number of halogens is 1. The molecular weight excluding hydrogens is 299 g/mol. The molecule has 1 fully saturated rings. The van der Waals surface area contributed by atoms with Gasteiger partial charge in [0.2, 0.25) is 10.0 Å². The maximum atomic E-state index is 13.9. The summed E-state index contributed by atoms with van der Waals surface area (Å²) in [6.45, 7) is 4.64. The molecule has 0 radical (unpaired) electrons. The van der Waals surface area contributed by atoms with Gasteiger partial charge in [0, 0.05) is 26.2 Å². The highest BCUT2D eigenvalue weighted by Gasteiger charge is 2.30. The smallest absolute Gasteiger partial charge is 0.335 e. The molecule has 2 rings (SSSR count). The van der Waals surface area contributed by atoms with E-state index in [1.54, 1.807) is 0 Å². The Morgan fingerprint density at radius 1 is 1.29 bits per heavy atom. The van der Waals surface area contributed by atoms with Gasteiger partial charge in [-0.05, 0) is 24.7 Å². The van der Waals surface area contributed by atoms with E-state index in [0.29, 0.717) is 26.2 Å². The van der Waals surface area contributed by atoms with Gasteiger partial charge in [0.15, 0.2) is 0 Å². The number of benzene rings is 1. The minimum absolute atomic E-state index is 0.276. The number of likely N-dealkylation sites (N-methyl/N-ethyl adjacent to an activating group) is 1. The van der Waals surface area contributed by atoms with Crippen molar-refractivity contribution in [2.24, 2.45) is 0 Å². The van der Waals surface area contributed by atoms with Crippen LogP contribution in [0.1, 0.15) is 17.3 Å². The molecule has 1 N–H and O–H groups in total. The van der Waals surface area contributed by atoms with Crippen LogP contribution in [0.15, 0.2) is 23.1 Å². The van der Waals surface area contributed by atoms with Crippen molar-refractivity contribution in [3.05, 3.63) is 29.6 Å². The number of aromatic carboxylic acids is 1. The third-order valence-electron chi connectivity index (χ3n) is 3.58. The van der Waals surface area contributed by atoms with E-state index < -0.39 is 26.7 Å². The molecule has 6 nitrogen and oxygen atoms in total. The summed E-state index contributed by atoms with van der Waals surface area (Å²) in [6, 6.07) is 2.85. The number of rotatable bonds is 4. The normalized spacial score (nSPS) is 17.8. The summed E-state index contributed by atoms with van der Waals surface area (Å²) in [4.78, 5) is 12.4. The molecule has 1 aromatic rings. The number of hydrogen-bond donors (Lipinski definition) is 1. The maximum Gasteiger partial charge on any atom is 0.335 e. The van der Waals surface area contributed by atoms with Gasteiger partial charge in [-0.2, -0.15) is 4.31 Å². The zero-order valence-electron chi connectivity index (χ0n) is 11.6. The second kappa shape index (κ2) is 6.08. The molecule has 0 saturated carbocycles. The molecule has 1 heterocycles. The Kier molecular flexibility index (Phi) is 4.60. The molecule has 1 aliphatic rings. The van der Waals surface area contributed by atoms with Gasteiger partial charge in [-0.15, -0.1) is 0 Å². The summed E-state index contributed by atoms with van der Waals surface area (Å²) in [5.41, 5.74) is -0.276. The molecule has 1 saturated heterocycles. The van der Waals surface area contributed by atoms with E-state index in [9.17, 15) is 17.6 Å². The number of sulfonamides is 1. The van der Waals surface area contributed by atoms with Crippen molar-refractivity contribution < 1.29 is 22.7 Å². The van der Waals surface area contributed by atoms with Gasteiger partial charge in [0.1, 0.15) is 10.7 Å². The molecule has 0 aliphatic carbocycles. The quantitative estimate of drug-likeness (QED) is 0.891. The van der Waals surface area contributed by atoms with Crippen LogP contribution >= 0.6 is 0 Å². The van der Waals surface area contributed by atoms with Gasteiger partial charge < -0.3 is 10.0 Å². The Morgan fingerprint density at radius 2 is 1.90 bits per heavy atom. The molecule has 1 aliphatic heterocycles. The van der Waals surface area contributed by atoms with E-state index in [1.165, 1.54) is 4.31 Å². The van der Waals surface area contributed by atoms with E-state index in [0.717, 1.165) is 24.7 Å². The lowest BCUT2D eigenvalue weighted by atomic mass is 10.2. The van der Waals surface area contributed by atoms with Gasteiger partial charge in [-0.3, -0.25) is 0 Å². The van der Waals surface area contributed by atoms with E-state index >= 15 is 0 Å². The van der Waals surface area contributed by atoms with Crippen molar-refractivity contribution in [1.29, 1.82) is 0 Å². The van der Waals surface area contributed by atoms with Crippen LogP contribution in [0.2, 0.25) is 0 Å². The Hall–Kier alpha value is -1.51. The topological polar surface area (TPSA) is 77.9 Å². The van der Waals surface area contributed by atoms with Crippen molar-refractivity contribution in [1.82, 2.24) is 9.21 Å². The van der Waals surface area contributed by atoms with Crippen molar-refractivity contribution in [3.8, 4) is 0 Å². The van der Waals surface area contributed by atoms with Crippen LogP contribution in [0.4, 0.5) is 4.39 Å². The van der Waals surface area contributed by atoms with Crippen LogP contribution in [-0.4, -0.2) is 61.4 Å². The fourth-order valence-electron chi connectivity index (χ4n) is 2.27. The molecule has 0 aromatic heterocycles. The largest absolute Gasteiger partial charge is 0.478 e. The average Bonchev–Trinajstić information content (AvgIpc) is 2.46. The van der Waals surface area contributed by atoms with Crippen molar-refractivity contribution in [3.63, 3.8) is 0 Å². The number of carbonyl (C=O) groups is 1. The van der Waals surface area contributed by atoms with Crippen LogP contribution in [0.3, 0.4) is 0 Å². The van der Waals surface area contributed by atoms with Gasteiger partial charge in [0.05, 0.1) is 5.56 Å². The van der Waals surface area contributed by atoms with Crippen LogP contribution in [0.5, 0.6) is 0 Å². The minimum Gasteiger partial charge on any atom is -0.478 e. The number of piperazine rings is 1. The lowest BCUT2D eigenvalue weighted by molar-refractivity contribution is 0.0696. The standard InChI is InChI=1S/C13H17FN2O4S/c1-2-15-5-7-16(8-6-15)21(19,20)12-4-3-10(13(17)18)9-11(12)14/h3-4,9H,2,5-8H2,1H3,(H,17,18). The first kappa shape index (κ1) is 15.9. The molecule has 0 amide bonds. The Morgan fingerprint density at radius 3 is 2.38 bits per heavy atom. The molecule has 0 unspecified atom stereocenters. The summed E-state index contributed by atoms with van der Waals surface area (Å²) in [5.74, 6) is -2.33. The number of carboxylic acids is 1. The predicted octanol–water partition coefficient (Wildman–Crippen LogP) is 0.850. The fourth-order valence-corrected chi connectivity index (χ4v) is 3.74. The highest BCUT2D eigenvalue weighted by molar-refractivity contribution is 7.89. The molecule has 0 atom stereocenters. The lowest BCUT2D eigenvalue weighted by Crippen LogP contribution is -2.48. The van der Waals surface area contributed by atoms with E-state index in [1.807, 2.05) is 6.92 Å². The molecular formula is C13H17FN2O4S. The summed E-state index contributed by atoms with van der Waals surface area (Å²) >= 11 is 0. The van der Waals surface area contributed by atoms with Gasteiger partial charge in [0.25, 0.3) is 0 Å². The Balaban J connectivity index is 2.26. The van der Waals surface area contributed by atoms with Crippen molar-refractivity contribution in [2.75, 3.05) is 32.7 Å². The average molecular weight is 316 g/mol. The lowest BCUT2D eigenvalue weighted by Gasteiger charge is -2.33. The first-order valence-corrected chi connectivity index (χ1v) is 8.05. The number of carboxylic acid groups (broad SMARTS) is 1. The summed E-state index contributed by atoms with van der Waals surface area (Å²) in [7, 11) is -3.93. The van der Waals surface area contributed by atoms with E-state index in [-0.39, 0.29) is 5.56 Å². The first-order chi connectivity index (χ1) is 9.86. The Bertz CT molecular complexity index is 640. The van der Waals surface area contributed by atoms with Crippen molar-refractivity contribution in [2.45, 2.75) is 11.8 Å².